The number of piperazine rings is 1. The van der Waals surface area contributed by atoms with Gasteiger partial charge in [-0.1, -0.05) is 72.3 Å². The first-order valence-electron chi connectivity index (χ1n) is 9.16. The third kappa shape index (κ3) is 3.92. The maximum Gasteiger partial charge on any atom is 0.0639 e. The zero-order valence-corrected chi connectivity index (χ0v) is 15.6. The molecule has 0 spiro atoms. The molecular formula is C23H23ClN2. The van der Waals surface area contributed by atoms with Gasteiger partial charge in [0.25, 0.3) is 0 Å². The van der Waals surface area contributed by atoms with Crippen molar-refractivity contribution in [2.24, 2.45) is 0 Å². The zero-order chi connectivity index (χ0) is 17.8. The molecule has 3 aromatic carbocycles. The first-order chi connectivity index (χ1) is 12.8. The van der Waals surface area contributed by atoms with E-state index in [9.17, 15) is 0 Å². The van der Waals surface area contributed by atoms with Crippen LogP contribution in [0.5, 0.6) is 0 Å². The van der Waals surface area contributed by atoms with Gasteiger partial charge in [0.15, 0.2) is 0 Å². The summed E-state index contributed by atoms with van der Waals surface area (Å²) in [6.07, 6.45) is 0. The molecule has 0 bridgehead atoms. The Morgan fingerprint density at radius 1 is 0.692 bits per heavy atom. The van der Waals surface area contributed by atoms with E-state index in [4.69, 9.17) is 11.6 Å². The molecule has 3 heteroatoms. The molecule has 0 unspecified atom stereocenters. The number of hydrogen-bond acceptors (Lipinski definition) is 2. The molecule has 26 heavy (non-hydrogen) atoms. The van der Waals surface area contributed by atoms with Crippen molar-refractivity contribution in [3.63, 3.8) is 0 Å². The average molecular weight is 363 g/mol. The van der Waals surface area contributed by atoms with Crippen molar-refractivity contribution in [1.82, 2.24) is 4.90 Å². The monoisotopic (exact) mass is 362 g/mol. The molecule has 4 rings (SSSR count). The predicted molar refractivity (Wildman–Crippen MR) is 111 cm³/mol. The predicted octanol–water partition coefficient (Wildman–Crippen LogP) is 5.33. The van der Waals surface area contributed by atoms with Crippen molar-refractivity contribution in [2.45, 2.75) is 6.54 Å². The van der Waals surface area contributed by atoms with Crippen LogP contribution in [0.3, 0.4) is 0 Å². The standard InChI is InChI=1S/C23H23ClN2/c24-22-11-4-5-12-23(22)26-15-13-25(14-16-26)18-19-7-6-10-21(17-19)20-8-2-1-3-9-20/h1-12,17H,13-16,18H2. The minimum absolute atomic E-state index is 0.844. The van der Waals surface area contributed by atoms with Gasteiger partial charge in [0, 0.05) is 32.7 Å². The lowest BCUT2D eigenvalue weighted by Crippen LogP contribution is -2.46. The molecule has 1 aliphatic heterocycles. The van der Waals surface area contributed by atoms with Crippen LogP contribution in [0.1, 0.15) is 5.56 Å². The lowest BCUT2D eigenvalue weighted by atomic mass is 10.0. The van der Waals surface area contributed by atoms with Gasteiger partial charge >= 0.3 is 0 Å². The Labute approximate surface area is 160 Å². The van der Waals surface area contributed by atoms with Gasteiger partial charge in [0.1, 0.15) is 0 Å². The van der Waals surface area contributed by atoms with Crippen molar-refractivity contribution in [3.05, 3.63) is 89.4 Å². The second kappa shape index (κ2) is 7.94. The summed E-state index contributed by atoms with van der Waals surface area (Å²) in [5.74, 6) is 0. The van der Waals surface area contributed by atoms with E-state index in [0.29, 0.717) is 0 Å². The molecule has 1 aliphatic rings. The van der Waals surface area contributed by atoms with Crippen molar-refractivity contribution in [2.75, 3.05) is 31.1 Å². The van der Waals surface area contributed by atoms with E-state index < -0.39 is 0 Å². The van der Waals surface area contributed by atoms with Crippen LogP contribution in [0.25, 0.3) is 11.1 Å². The van der Waals surface area contributed by atoms with Gasteiger partial charge in [0.2, 0.25) is 0 Å². The summed E-state index contributed by atoms with van der Waals surface area (Å²) in [6.45, 7) is 5.14. The van der Waals surface area contributed by atoms with E-state index in [1.165, 1.54) is 16.7 Å². The number of rotatable bonds is 4. The zero-order valence-electron chi connectivity index (χ0n) is 14.8. The first-order valence-corrected chi connectivity index (χ1v) is 9.53. The number of nitrogens with zero attached hydrogens (tertiary/aromatic N) is 2. The summed E-state index contributed by atoms with van der Waals surface area (Å²) in [5, 5.41) is 0.844. The molecule has 1 fully saturated rings. The second-order valence-electron chi connectivity index (χ2n) is 6.78. The van der Waals surface area contributed by atoms with Crippen molar-refractivity contribution in [3.8, 4) is 11.1 Å². The van der Waals surface area contributed by atoms with Gasteiger partial charge in [-0.25, -0.2) is 0 Å². The Kier molecular flexibility index (Phi) is 5.24. The fourth-order valence-electron chi connectivity index (χ4n) is 3.59. The number of para-hydroxylation sites is 1. The normalized spacial score (nSPS) is 15.2. The van der Waals surface area contributed by atoms with Crippen LogP contribution in [0.2, 0.25) is 5.02 Å². The molecule has 0 aromatic heterocycles. The highest BCUT2D eigenvalue weighted by molar-refractivity contribution is 6.33. The Morgan fingerprint density at radius 3 is 2.15 bits per heavy atom. The summed E-state index contributed by atoms with van der Waals surface area (Å²) >= 11 is 6.34. The fourth-order valence-corrected chi connectivity index (χ4v) is 3.85. The molecule has 132 valence electrons. The highest BCUT2D eigenvalue weighted by atomic mass is 35.5. The van der Waals surface area contributed by atoms with Crippen LogP contribution >= 0.6 is 11.6 Å². The summed E-state index contributed by atoms with van der Waals surface area (Å²) < 4.78 is 0. The minimum Gasteiger partial charge on any atom is -0.368 e. The number of benzene rings is 3. The summed E-state index contributed by atoms with van der Waals surface area (Å²) in [4.78, 5) is 4.91. The van der Waals surface area contributed by atoms with E-state index in [2.05, 4.69) is 76.5 Å². The molecule has 0 aliphatic carbocycles. The largest absolute Gasteiger partial charge is 0.368 e. The highest BCUT2D eigenvalue weighted by Gasteiger charge is 2.18. The average Bonchev–Trinajstić information content (AvgIpc) is 2.70. The third-order valence-corrected chi connectivity index (χ3v) is 5.33. The third-order valence-electron chi connectivity index (χ3n) is 5.01. The summed E-state index contributed by atoms with van der Waals surface area (Å²) in [7, 11) is 0. The fraction of sp³-hybridized carbons (Fsp3) is 0.217. The Morgan fingerprint density at radius 2 is 1.38 bits per heavy atom. The van der Waals surface area contributed by atoms with Crippen molar-refractivity contribution in [1.29, 1.82) is 0 Å². The molecular weight excluding hydrogens is 340 g/mol. The maximum atomic E-state index is 6.34. The first kappa shape index (κ1) is 17.1. The SMILES string of the molecule is Clc1ccccc1N1CCN(Cc2cccc(-c3ccccc3)c2)CC1. The molecule has 0 N–H and O–H groups in total. The molecule has 1 saturated heterocycles. The highest BCUT2D eigenvalue weighted by Crippen LogP contribution is 2.26. The molecule has 0 amide bonds. The van der Waals surface area contributed by atoms with Gasteiger partial charge in [-0.05, 0) is 34.9 Å². The van der Waals surface area contributed by atoms with Gasteiger partial charge in [-0.3, -0.25) is 4.90 Å². The number of halogens is 1. The summed E-state index contributed by atoms with van der Waals surface area (Å²) in [5.41, 5.74) is 5.09. The second-order valence-corrected chi connectivity index (χ2v) is 7.19. The quantitative estimate of drug-likeness (QED) is 0.619. The van der Waals surface area contributed by atoms with Crippen LogP contribution in [0.15, 0.2) is 78.9 Å². The van der Waals surface area contributed by atoms with Crippen LogP contribution in [0, 0.1) is 0 Å². The van der Waals surface area contributed by atoms with Crippen LogP contribution in [0.4, 0.5) is 5.69 Å². The lowest BCUT2D eigenvalue weighted by Gasteiger charge is -2.36. The Balaban J connectivity index is 1.40. The van der Waals surface area contributed by atoms with E-state index in [-0.39, 0.29) is 0 Å². The van der Waals surface area contributed by atoms with Crippen LogP contribution < -0.4 is 4.90 Å². The van der Waals surface area contributed by atoms with E-state index in [0.717, 1.165) is 43.4 Å². The molecule has 0 atom stereocenters. The minimum atomic E-state index is 0.844. The van der Waals surface area contributed by atoms with Gasteiger partial charge in [-0.15, -0.1) is 0 Å². The van der Waals surface area contributed by atoms with Crippen LogP contribution in [-0.2, 0) is 6.54 Å². The number of hydrogen-bond donors (Lipinski definition) is 0. The maximum absolute atomic E-state index is 6.34. The molecule has 3 aromatic rings. The van der Waals surface area contributed by atoms with Crippen molar-refractivity contribution >= 4 is 17.3 Å². The van der Waals surface area contributed by atoms with Gasteiger partial charge < -0.3 is 4.90 Å². The molecule has 1 heterocycles. The van der Waals surface area contributed by atoms with E-state index in [1.54, 1.807) is 0 Å². The molecule has 0 saturated carbocycles. The molecule has 2 nitrogen and oxygen atoms in total. The van der Waals surface area contributed by atoms with E-state index >= 15 is 0 Å². The Hall–Kier alpha value is -2.29. The topological polar surface area (TPSA) is 6.48 Å². The van der Waals surface area contributed by atoms with Gasteiger partial charge in [-0.2, -0.15) is 0 Å². The number of anilines is 1. The van der Waals surface area contributed by atoms with Crippen LogP contribution in [-0.4, -0.2) is 31.1 Å². The van der Waals surface area contributed by atoms with Gasteiger partial charge in [0.05, 0.1) is 10.7 Å². The smallest absolute Gasteiger partial charge is 0.0639 e. The van der Waals surface area contributed by atoms with Crippen molar-refractivity contribution < 1.29 is 0 Å². The lowest BCUT2D eigenvalue weighted by molar-refractivity contribution is 0.250. The summed E-state index contributed by atoms with van der Waals surface area (Å²) in [6, 6.07) is 27.6. The Bertz CT molecular complexity index is 855. The van der Waals surface area contributed by atoms with E-state index in [1.807, 2.05) is 12.1 Å². The molecule has 0 radical (unpaired) electrons.